The van der Waals surface area contributed by atoms with E-state index in [0.29, 0.717) is 5.82 Å². The summed E-state index contributed by atoms with van der Waals surface area (Å²) in [5.74, 6) is 0.710. The van der Waals surface area contributed by atoms with E-state index in [1.807, 2.05) is 24.3 Å². The smallest absolute Gasteiger partial charge is 0.160 e. The van der Waals surface area contributed by atoms with E-state index in [1.165, 1.54) is 60.8 Å². The van der Waals surface area contributed by atoms with Gasteiger partial charge in [0.05, 0.1) is 11.4 Å². The quantitative estimate of drug-likeness (QED) is 0.177. The molecule has 0 atom stereocenters. The Kier molecular flexibility index (Phi) is 7.18. The van der Waals surface area contributed by atoms with Crippen molar-refractivity contribution in [2.75, 3.05) is 0 Å². The molecule has 0 aliphatic heterocycles. The van der Waals surface area contributed by atoms with Crippen molar-refractivity contribution in [3.05, 3.63) is 194 Å². The summed E-state index contributed by atoms with van der Waals surface area (Å²) >= 11 is 0. The first-order chi connectivity index (χ1) is 25.8. The number of rotatable bonds is 6. The fraction of sp³-hybridized carbons (Fsp3) is 0. The zero-order valence-corrected chi connectivity index (χ0v) is 28.4. The highest BCUT2D eigenvalue weighted by molar-refractivity contribution is 6.18. The molecule has 0 saturated carbocycles. The normalized spacial score (nSPS) is 11.5. The van der Waals surface area contributed by atoms with Crippen LogP contribution in [0.25, 0.3) is 100 Å². The third-order valence-corrected chi connectivity index (χ3v) is 10.3. The van der Waals surface area contributed by atoms with Crippen molar-refractivity contribution in [2.45, 2.75) is 0 Å². The molecular formula is C50H32N2. The maximum Gasteiger partial charge on any atom is 0.160 e. The van der Waals surface area contributed by atoms with Gasteiger partial charge in [-0.05, 0) is 84.6 Å². The Morgan fingerprint density at radius 3 is 1.42 bits per heavy atom. The molecule has 2 heteroatoms. The highest BCUT2D eigenvalue weighted by Gasteiger charge is 2.22. The number of nitrogens with zero attached hydrogens (tertiary/aromatic N) is 2. The number of benzene rings is 8. The molecule has 2 nitrogen and oxygen atoms in total. The van der Waals surface area contributed by atoms with Gasteiger partial charge in [0.25, 0.3) is 0 Å². The second-order valence-corrected chi connectivity index (χ2v) is 13.4. The standard InChI is InChI=1S/C50H32N2/c1-3-12-33(13-4-1)34-24-26-35(27-25-34)47-32-48(52-50(51-47)36-14-5-2-6-15-36)40-19-10-17-38(31-40)37-16-9-18-39(30-37)41-28-29-46-43-21-8-7-20-42(43)45-23-11-22-44(41)49(45)46/h1-32H. The molecule has 242 valence electrons. The highest BCUT2D eigenvalue weighted by Crippen LogP contribution is 2.49. The summed E-state index contributed by atoms with van der Waals surface area (Å²) in [6, 6.07) is 69.2. The molecule has 1 aliphatic rings. The van der Waals surface area contributed by atoms with Gasteiger partial charge in [-0.3, -0.25) is 0 Å². The van der Waals surface area contributed by atoms with E-state index in [1.54, 1.807) is 0 Å². The van der Waals surface area contributed by atoms with Gasteiger partial charge in [0.2, 0.25) is 0 Å². The third kappa shape index (κ3) is 5.21. The number of aromatic nitrogens is 2. The van der Waals surface area contributed by atoms with Crippen LogP contribution in [0.4, 0.5) is 0 Å². The summed E-state index contributed by atoms with van der Waals surface area (Å²) in [5.41, 5.74) is 17.3. The van der Waals surface area contributed by atoms with Crippen molar-refractivity contribution in [2.24, 2.45) is 0 Å². The van der Waals surface area contributed by atoms with Gasteiger partial charge in [0.15, 0.2) is 5.82 Å². The van der Waals surface area contributed by atoms with Gasteiger partial charge in [-0.2, -0.15) is 0 Å². The van der Waals surface area contributed by atoms with Crippen molar-refractivity contribution in [1.29, 1.82) is 0 Å². The number of fused-ring (bicyclic) bond motifs is 3. The fourth-order valence-electron chi connectivity index (χ4n) is 7.71. The van der Waals surface area contributed by atoms with Crippen LogP contribution < -0.4 is 0 Å². The van der Waals surface area contributed by atoms with Crippen molar-refractivity contribution >= 4 is 10.8 Å². The lowest BCUT2D eigenvalue weighted by Gasteiger charge is -2.13. The van der Waals surface area contributed by atoms with E-state index in [-0.39, 0.29) is 0 Å². The van der Waals surface area contributed by atoms with E-state index < -0.39 is 0 Å². The first-order valence-electron chi connectivity index (χ1n) is 17.7. The molecule has 1 aromatic heterocycles. The molecule has 0 radical (unpaired) electrons. The van der Waals surface area contributed by atoms with Crippen LogP contribution in [0.3, 0.4) is 0 Å². The average Bonchev–Trinajstić information content (AvgIpc) is 3.56. The molecule has 0 saturated heterocycles. The molecule has 8 aromatic carbocycles. The van der Waals surface area contributed by atoms with Gasteiger partial charge in [-0.15, -0.1) is 0 Å². The summed E-state index contributed by atoms with van der Waals surface area (Å²) in [4.78, 5) is 10.2. The van der Waals surface area contributed by atoms with Crippen molar-refractivity contribution in [3.8, 4) is 89.5 Å². The molecule has 10 rings (SSSR count). The molecule has 0 spiro atoms. The molecule has 0 bridgehead atoms. The SMILES string of the molecule is c1ccc(-c2ccc(-c3cc(-c4cccc(-c5cccc(-c6ccc7c8c(cccc68)-c6ccccc6-7)c5)c4)nc(-c4ccccc4)n3)cc2)cc1. The summed E-state index contributed by atoms with van der Waals surface area (Å²) in [7, 11) is 0. The largest absolute Gasteiger partial charge is 0.228 e. The van der Waals surface area contributed by atoms with Crippen LogP contribution >= 0.6 is 0 Å². The van der Waals surface area contributed by atoms with Crippen LogP contribution in [-0.4, -0.2) is 9.97 Å². The van der Waals surface area contributed by atoms with E-state index in [9.17, 15) is 0 Å². The summed E-state index contributed by atoms with van der Waals surface area (Å²) in [5, 5.41) is 2.63. The fourth-order valence-corrected chi connectivity index (χ4v) is 7.71. The second-order valence-electron chi connectivity index (χ2n) is 13.4. The Bertz CT molecular complexity index is 2740. The van der Waals surface area contributed by atoms with Gasteiger partial charge in [-0.1, -0.05) is 176 Å². The summed E-state index contributed by atoms with van der Waals surface area (Å²) in [6.45, 7) is 0. The van der Waals surface area contributed by atoms with Gasteiger partial charge in [-0.25, -0.2) is 9.97 Å². The van der Waals surface area contributed by atoms with E-state index in [2.05, 4.69) is 170 Å². The first kappa shape index (κ1) is 30.0. The summed E-state index contributed by atoms with van der Waals surface area (Å²) < 4.78 is 0. The minimum atomic E-state index is 0.710. The highest BCUT2D eigenvalue weighted by atomic mass is 14.9. The molecule has 0 fully saturated rings. The molecule has 1 heterocycles. The first-order valence-corrected chi connectivity index (χ1v) is 17.7. The minimum Gasteiger partial charge on any atom is -0.228 e. The Hall–Kier alpha value is -6.90. The average molecular weight is 661 g/mol. The molecule has 0 N–H and O–H groups in total. The molecular weight excluding hydrogens is 629 g/mol. The van der Waals surface area contributed by atoms with Crippen LogP contribution in [0.2, 0.25) is 0 Å². The maximum absolute atomic E-state index is 5.13. The monoisotopic (exact) mass is 660 g/mol. The maximum atomic E-state index is 5.13. The Balaban J connectivity index is 1.04. The minimum absolute atomic E-state index is 0.710. The molecule has 0 unspecified atom stereocenters. The van der Waals surface area contributed by atoms with Crippen molar-refractivity contribution in [3.63, 3.8) is 0 Å². The third-order valence-electron chi connectivity index (χ3n) is 10.3. The van der Waals surface area contributed by atoms with Crippen molar-refractivity contribution < 1.29 is 0 Å². The van der Waals surface area contributed by atoms with Crippen LogP contribution in [-0.2, 0) is 0 Å². The molecule has 52 heavy (non-hydrogen) atoms. The zero-order valence-electron chi connectivity index (χ0n) is 28.4. The Morgan fingerprint density at radius 2 is 0.712 bits per heavy atom. The Labute approximate surface area is 303 Å². The van der Waals surface area contributed by atoms with Crippen LogP contribution in [0.5, 0.6) is 0 Å². The van der Waals surface area contributed by atoms with Crippen LogP contribution in [0, 0.1) is 0 Å². The van der Waals surface area contributed by atoms with E-state index in [0.717, 1.165) is 33.6 Å². The predicted molar refractivity (Wildman–Crippen MR) is 217 cm³/mol. The lowest BCUT2D eigenvalue weighted by Crippen LogP contribution is -1.96. The van der Waals surface area contributed by atoms with Crippen LogP contribution in [0.1, 0.15) is 0 Å². The zero-order chi connectivity index (χ0) is 34.4. The van der Waals surface area contributed by atoms with Gasteiger partial charge < -0.3 is 0 Å². The van der Waals surface area contributed by atoms with Gasteiger partial charge >= 0.3 is 0 Å². The number of hydrogen-bond donors (Lipinski definition) is 0. The van der Waals surface area contributed by atoms with Crippen LogP contribution in [0.15, 0.2) is 194 Å². The van der Waals surface area contributed by atoms with E-state index >= 15 is 0 Å². The van der Waals surface area contributed by atoms with Crippen molar-refractivity contribution in [1.82, 2.24) is 9.97 Å². The molecule has 1 aliphatic carbocycles. The summed E-state index contributed by atoms with van der Waals surface area (Å²) in [6.07, 6.45) is 0. The Morgan fingerprint density at radius 1 is 0.250 bits per heavy atom. The topological polar surface area (TPSA) is 25.8 Å². The lowest BCUT2D eigenvalue weighted by atomic mass is 9.92. The van der Waals surface area contributed by atoms with E-state index in [4.69, 9.17) is 9.97 Å². The molecule has 0 amide bonds. The predicted octanol–water partition coefficient (Wildman–Crippen LogP) is 13.3. The van der Waals surface area contributed by atoms with Gasteiger partial charge in [0.1, 0.15) is 0 Å². The lowest BCUT2D eigenvalue weighted by molar-refractivity contribution is 1.18. The molecule has 9 aromatic rings. The number of hydrogen-bond acceptors (Lipinski definition) is 2. The van der Waals surface area contributed by atoms with Gasteiger partial charge in [0, 0.05) is 16.7 Å². The second kappa shape index (κ2) is 12.5.